The second-order valence-electron chi connectivity index (χ2n) is 4.00. The van der Waals surface area contributed by atoms with Gasteiger partial charge in [-0.25, -0.2) is 0 Å². The Morgan fingerprint density at radius 1 is 1.17 bits per heavy atom. The monoisotopic (exact) mass is 384 g/mol. The average Bonchev–Trinajstić information content (AvgIpc) is 2.97. The molecule has 0 unspecified atom stereocenters. The molecule has 0 bridgehead atoms. The number of ketones is 1. The van der Waals surface area contributed by atoms with E-state index in [0.717, 1.165) is 14.0 Å². The molecule has 3 aromatic rings. The van der Waals surface area contributed by atoms with Gasteiger partial charge in [-0.15, -0.1) is 22.7 Å². The number of thiophene rings is 2. The van der Waals surface area contributed by atoms with Gasteiger partial charge in [-0.05, 0) is 51.1 Å². The minimum atomic E-state index is 0.206. The third kappa shape index (κ3) is 2.37. The highest BCUT2D eigenvalue weighted by Gasteiger charge is 2.12. The first kappa shape index (κ1) is 12.3. The molecule has 2 heterocycles. The number of rotatable bonds is 3. The Morgan fingerprint density at radius 2 is 2.00 bits per heavy atom. The summed E-state index contributed by atoms with van der Waals surface area (Å²) in [5.74, 6) is 0.206. The number of hydrogen-bond donors (Lipinski definition) is 0. The van der Waals surface area contributed by atoms with Gasteiger partial charge in [0, 0.05) is 22.1 Å². The first-order valence-corrected chi connectivity index (χ1v) is 8.30. The van der Waals surface area contributed by atoms with E-state index in [1.165, 1.54) is 10.1 Å². The zero-order valence-electron chi connectivity index (χ0n) is 9.35. The summed E-state index contributed by atoms with van der Waals surface area (Å²) in [6.07, 6.45) is 0.497. The second-order valence-corrected chi connectivity index (χ2v) is 7.71. The van der Waals surface area contributed by atoms with Gasteiger partial charge >= 0.3 is 0 Å². The van der Waals surface area contributed by atoms with Crippen LogP contribution in [0.5, 0.6) is 0 Å². The maximum absolute atomic E-state index is 12.2. The quantitative estimate of drug-likeness (QED) is 0.459. The van der Waals surface area contributed by atoms with E-state index in [2.05, 4.69) is 40.1 Å². The summed E-state index contributed by atoms with van der Waals surface area (Å²) in [5, 5.41) is 5.25. The normalized spacial score (nSPS) is 10.9. The van der Waals surface area contributed by atoms with Crippen LogP contribution in [0, 0.1) is 2.88 Å². The average molecular weight is 384 g/mol. The van der Waals surface area contributed by atoms with Crippen LogP contribution in [0.15, 0.2) is 41.1 Å². The molecule has 90 valence electrons. The summed E-state index contributed by atoms with van der Waals surface area (Å²) in [4.78, 5) is 12.2. The fourth-order valence-corrected chi connectivity index (χ4v) is 4.21. The Bertz CT molecular complexity index is 711. The standard InChI is InChI=1S/C14H9IOS2/c15-14-6-10(8-18-14)12(16)5-9-7-17-13-4-2-1-3-11(9)13/h1-4,6-8H,5H2. The maximum atomic E-state index is 12.2. The predicted molar refractivity (Wildman–Crippen MR) is 86.9 cm³/mol. The number of fused-ring (bicyclic) bond motifs is 1. The van der Waals surface area contributed by atoms with Gasteiger partial charge in [0.05, 0.1) is 2.88 Å². The smallest absolute Gasteiger partial charge is 0.168 e. The highest BCUT2D eigenvalue weighted by atomic mass is 127. The highest BCUT2D eigenvalue weighted by molar-refractivity contribution is 14.1. The lowest BCUT2D eigenvalue weighted by Gasteiger charge is -1.97. The number of halogens is 1. The fourth-order valence-electron chi connectivity index (χ4n) is 1.90. The summed E-state index contributed by atoms with van der Waals surface area (Å²) in [6, 6.07) is 10.2. The van der Waals surface area contributed by atoms with E-state index in [4.69, 9.17) is 0 Å². The van der Waals surface area contributed by atoms with Crippen molar-refractivity contribution < 1.29 is 4.79 Å². The Kier molecular flexibility index (Phi) is 3.50. The van der Waals surface area contributed by atoms with Crippen LogP contribution in [0.3, 0.4) is 0 Å². The van der Waals surface area contributed by atoms with Gasteiger partial charge < -0.3 is 0 Å². The molecule has 0 amide bonds. The van der Waals surface area contributed by atoms with E-state index in [9.17, 15) is 4.79 Å². The fraction of sp³-hybridized carbons (Fsp3) is 0.0714. The minimum Gasteiger partial charge on any atom is -0.294 e. The molecule has 1 aromatic carbocycles. The van der Waals surface area contributed by atoms with Crippen molar-refractivity contribution in [3.63, 3.8) is 0 Å². The van der Waals surface area contributed by atoms with Crippen molar-refractivity contribution in [2.45, 2.75) is 6.42 Å². The lowest BCUT2D eigenvalue weighted by Crippen LogP contribution is -2.01. The lowest BCUT2D eigenvalue weighted by atomic mass is 10.0. The molecule has 0 aliphatic rings. The molecule has 0 aliphatic carbocycles. The van der Waals surface area contributed by atoms with Crippen LogP contribution in [0.2, 0.25) is 0 Å². The van der Waals surface area contributed by atoms with Gasteiger partial charge in [-0.1, -0.05) is 18.2 Å². The van der Waals surface area contributed by atoms with Crippen LogP contribution in [-0.2, 0) is 6.42 Å². The Labute approximate surface area is 127 Å². The van der Waals surface area contributed by atoms with Crippen molar-refractivity contribution >= 4 is 61.1 Å². The molecule has 0 radical (unpaired) electrons. The molecule has 18 heavy (non-hydrogen) atoms. The molecule has 2 aromatic heterocycles. The summed E-state index contributed by atoms with van der Waals surface area (Å²) < 4.78 is 2.41. The molecular formula is C14H9IOS2. The van der Waals surface area contributed by atoms with E-state index >= 15 is 0 Å². The van der Waals surface area contributed by atoms with Crippen molar-refractivity contribution in [1.29, 1.82) is 0 Å². The third-order valence-corrected chi connectivity index (χ3v) is 5.60. The van der Waals surface area contributed by atoms with Gasteiger partial charge in [0.25, 0.3) is 0 Å². The zero-order chi connectivity index (χ0) is 12.5. The van der Waals surface area contributed by atoms with E-state index in [1.54, 1.807) is 22.7 Å². The van der Waals surface area contributed by atoms with Crippen molar-refractivity contribution in [2.24, 2.45) is 0 Å². The van der Waals surface area contributed by atoms with E-state index in [1.807, 2.05) is 23.6 Å². The Morgan fingerprint density at radius 3 is 2.78 bits per heavy atom. The SMILES string of the molecule is O=C(Cc1csc2ccccc12)c1csc(I)c1. The van der Waals surface area contributed by atoms with Gasteiger partial charge in [-0.2, -0.15) is 0 Å². The summed E-state index contributed by atoms with van der Waals surface area (Å²) in [6.45, 7) is 0. The highest BCUT2D eigenvalue weighted by Crippen LogP contribution is 2.27. The minimum absolute atomic E-state index is 0.206. The molecule has 0 aliphatic heterocycles. The van der Waals surface area contributed by atoms with Crippen molar-refractivity contribution in [3.05, 3.63) is 55.1 Å². The molecule has 3 rings (SSSR count). The van der Waals surface area contributed by atoms with E-state index in [-0.39, 0.29) is 5.78 Å². The van der Waals surface area contributed by atoms with Gasteiger partial charge in [-0.3, -0.25) is 4.79 Å². The molecule has 0 N–H and O–H groups in total. The molecule has 0 saturated heterocycles. The van der Waals surface area contributed by atoms with Crippen LogP contribution < -0.4 is 0 Å². The molecule has 0 saturated carbocycles. The van der Waals surface area contributed by atoms with Gasteiger partial charge in [0.1, 0.15) is 0 Å². The zero-order valence-corrected chi connectivity index (χ0v) is 13.1. The Balaban J connectivity index is 1.90. The first-order valence-electron chi connectivity index (χ1n) is 5.46. The first-order chi connectivity index (χ1) is 8.74. The summed E-state index contributed by atoms with van der Waals surface area (Å²) in [5.41, 5.74) is 1.97. The molecule has 4 heteroatoms. The third-order valence-electron chi connectivity index (χ3n) is 2.80. The lowest BCUT2D eigenvalue weighted by molar-refractivity contribution is 0.0994. The largest absolute Gasteiger partial charge is 0.294 e. The van der Waals surface area contributed by atoms with E-state index in [0.29, 0.717) is 6.42 Å². The molecular weight excluding hydrogens is 375 g/mol. The topological polar surface area (TPSA) is 17.1 Å². The van der Waals surface area contributed by atoms with Crippen LogP contribution in [0.1, 0.15) is 15.9 Å². The van der Waals surface area contributed by atoms with Crippen LogP contribution in [0.25, 0.3) is 10.1 Å². The maximum Gasteiger partial charge on any atom is 0.168 e. The molecule has 0 atom stereocenters. The second kappa shape index (κ2) is 5.11. The number of hydrogen-bond acceptors (Lipinski definition) is 3. The van der Waals surface area contributed by atoms with E-state index < -0.39 is 0 Å². The number of carbonyl (C=O) groups excluding carboxylic acids is 1. The van der Waals surface area contributed by atoms with Gasteiger partial charge in [0.15, 0.2) is 5.78 Å². The van der Waals surface area contributed by atoms with Gasteiger partial charge in [0.2, 0.25) is 0 Å². The van der Waals surface area contributed by atoms with Crippen LogP contribution >= 0.6 is 45.3 Å². The number of Topliss-reactive ketones (excluding diaryl/α,β-unsaturated/α-hetero) is 1. The Hall–Kier alpha value is -0.720. The molecule has 0 spiro atoms. The van der Waals surface area contributed by atoms with Crippen molar-refractivity contribution in [3.8, 4) is 0 Å². The molecule has 1 nitrogen and oxygen atoms in total. The number of carbonyl (C=O) groups is 1. The van der Waals surface area contributed by atoms with Crippen molar-refractivity contribution in [2.75, 3.05) is 0 Å². The van der Waals surface area contributed by atoms with Crippen LogP contribution in [0.4, 0.5) is 0 Å². The molecule has 0 fully saturated rings. The summed E-state index contributed by atoms with van der Waals surface area (Å²) >= 11 is 5.57. The summed E-state index contributed by atoms with van der Waals surface area (Å²) in [7, 11) is 0. The van der Waals surface area contributed by atoms with Crippen molar-refractivity contribution in [1.82, 2.24) is 0 Å². The number of benzene rings is 1. The van der Waals surface area contributed by atoms with Crippen LogP contribution in [-0.4, -0.2) is 5.78 Å². The predicted octanol–water partition coefficient (Wildman–Crippen LogP) is 4.99.